The Morgan fingerprint density at radius 1 is 1.25 bits per heavy atom. The van der Waals surface area contributed by atoms with Gasteiger partial charge in [0.05, 0.1) is 7.11 Å². The number of methoxy groups -OCH3 is 1. The fourth-order valence-electron chi connectivity index (χ4n) is 3.54. The summed E-state index contributed by atoms with van der Waals surface area (Å²) in [6.45, 7) is 2.62. The molecule has 1 N–H and O–H groups in total. The van der Waals surface area contributed by atoms with Gasteiger partial charge in [-0.25, -0.2) is 0 Å². The molecule has 0 fully saturated rings. The Labute approximate surface area is 192 Å². The van der Waals surface area contributed by atoms with Crippen LogP contribution in [0.4, 0.5) is 5.69 Å². The van der Waals surface area contributed by atoms with Crippen LogP contribution in [0.5, 0.6) is 5.75 Å². The summed E-state index contributed by atoms with van der Waals surface area (Å²) in [7, 11) is 1.59. The maximum absolute atomic E-state index is 12.2. The standard InChI is InChI=1S/C24H25ClN4O3/c1-31-21-4-2-3-20(15-21)26-22(30)9-10-23-27-24(28-32-23)18-11-13-29(14-12-18)16-17-5-7-19(25)8-6-17/h2-8,11,15H,9-10,12-14,16H2,1H3,(H,26,30). The number of amides is 1. The van der Waals surface area contributed by atoms with E-state index >= 15 is 0 Å². The van der Waals surface area contributed by atoms with Crippen molar-refractivity contribution >= 4 is 28.8 Å². The Bertz CT molecular complexity index is 1090. The first kappa shape index (κ1) is 22.0. The smallest absolute Gasteiger partial charge is 0.227 e. The van der Waals surface area contributed by atoms with Crippen LogP contribution in [0.15, 0.2) is 59.1 Å². The highest BCUT2D eigenvalue weighted by atomic mass is 35.5. The summed E-state index contributed by atoms with van der Waals surface area (Å²) in [5.41, 5.74) is 3.00. The number of carbonyl (C=O) groups excluding carboxylic acids is 1. The molecule has 1 aliphatic rings. The summed E-state index contributed by atoms with van der Waals surface area (Å²) in [5, 5.41) is 7.71. The molecule has 0 bridgehead atoms. The van der Waals surface area contributed by atoms with Crippen LogP contribution in [0, 0.1) is 0 Å². The number of rotatable bonds is 8. The largest absolute Gasteiger partial charge is 0.497 e. The van der Waals surface area contributed by atoms with Crippen LogP contribution in [-0.4, -0.2) is 41.1 Å². The van der Waals surface area contributed by atoms with E-state index in [0.717, 1.165) is 36.7 Å². The van der Waals surface area contributed by atoms with Crippen LogP contribution >= 0.6 is 11.6 Å². The lowest BCUT2D eigenvalue weighted by Gasteiger charge is -2.25. The van der Waals surface area contributed by atoms with Gasteiger partial charge < -0.3 is 14.6 Å². The van der Waals surface area contributed by atoms with E-state index in [1.54, 1.807) is 13.2 Å². The fourth-order valence-corrected chi connectivity index (χ4v) is 3.66. The van der Waals surface area contributed by atoms with Crippen LogP contribution in [0.2, 0.25) is 5.02 Å². The van der Waals surface area contributed by atoms with Crippen molar-refractivity contribution in [1.82, 2.24) is 15.0 Å². The van der Waals surface area contributed by atoms with Crippen molar-refractivity contribution in [2.75, 3.05) is 25.5 Å². The minimum atomic E-state index is -0.118. The predicted octanol–water partition coefficient (Wildman–Crippen LogP) is 4.59. The first-order valence-electron chi connectivity index (χ1n) is 10.5. The Balaban J connectivity index is 1.26. The molecule has 2 heterocycles. The number of carbonyl (C=O) groups is 1. The molecule has 4 rings (SSSR count). The summed E-state index contributed by atoms with van der Waals surface area (Å²) in [5.74, 6) is 1.65. The molecule has 3 aromatic rings. The molecule has 0 radical (unpaired) electrons. The van der Waals surface area contributed by atoms with Gasteiger partial charge in [-0.1, -0.05) is 41.0 Å². The number of anilines is 1. The van der Waals surface area contributed by atoms with Crippen LogP contribution in [0.1, 0.15) is 30.1 Å². The van der Waals surface area contributed by atoms with Gasteiger partial charge in [0.15, 0.2) is 5.82 Å². The molecule has 0 saturated carbocycles. The number of aromatic nitrogens is 2. The molecule has 2 aromatic carbocycles. The highest BCUT2D eigenvalue weighted by Crippen LogP contribution is 2.22. The van der Waals surface area contributed by atoms with Gasteiger partial charge in [0, 0.05) is 49.3 Å². The van der Waals surface area contributed by atoms with Gasteiger partial charge in [-0.05, 0) is 41.8 Å². The van der Waals surface area contributed by atoms with Gasteiger partial charge in [-0.3, -0.25) is 9.69 Å². The van der Waals surface area contributed by atoms with Crippen molar-refractivity contribution in [3.63, 3.8) is 0 Å². The molecule has 0 aliphatic carbocycles. The van der Waals surface area contributed by atoms with Crippen molar-refractivity contribution in [2.45, 2.75) is 25.8 Å². The quantitative estimate of drug-likeness (QED) is 0.538. The SMILES string of the molecule is COc1cccc(NC(=O)CCc2nc(C3=CCN(Cc4ccc(Cl)cc4)CC3)no2)c1. The summed E-state index contributed by atoms with van der Waals surface area (Å²) in [6.07, 6.45) is 3.64. The first-order valence-corrected chi connectivity index (χ1v) is 10.9. The molecule has 8 heteroatoms. The maximum atomic E-state index is 12.2. The summed E-state index contributed by atoms with van der Waals surface area (Å²) < 4.78 is 10.5. The molecule has 0 spiro atoms. The normalized spacial score (nSPS) is 14.1. The minimum absolute atomic E-state index is 0.118. The molecule has 0 atom stereocenters. The molecule has 7 nitrogen and oxygen atoms in total. The third-order valence-corrected chi connectivity index (χ3v) is 5.54. The lowest BCUT2D eigenvalue weighted by atomic mass is 10.1. The average Bonchev–Trinajstić information content (AvgIpc) is 3.29. The Kier molecular flexibility index (Phi) is 7.19. The van der Waals surface area contributed by atoms with E-state index in [2.05, 4.69) is 38.6 Å². The zero-order valence-electron chi connectivity index (χ0n) is 17.9. The second-order valence-corrected chi connectivity index (χ2v) is 8.07. The number of halogens is 1. The summed E-state index contributed by atoms with van der Waals surface area (Å²) >= 11 is 5.96. The van der Waals surface area contributed by atoms with Crippen LogP contribution in [-0.2, 0) is 17.8 Å². The predicted molar refractivity (Wildman–Crippen MR) is 124 cm³/mol. The fraction of sp³-hybridized carbons (Fsp3) is 0.292. The van der Waals surface area contributed by atoms with Gasteiger partial charge in [0.2, 0.25) is 11.8 Å². The average molecular weight is 453 g/mol. The molecule has 0 saturated heterocycles. The number of hydrogen-bond donors (Lipinski definition) is 1. The van der Waals surface area contributed by atoms with Crippen LogP contribution in [0.3, 0.4) is 0 Å². The Hall–Kier alpha value is -3.16. The van der Waals surface area contributed by atoms with E-state index in [9.17, 15) is 4.79 Å². The molecular formula is C24H25ClN4O3. The summed E-state index contributed by atoms with van der Waals surface area (Å²) in [6, 6.07) is 15.2. The molecule has 1 aliphatic heterocycles. The van der Waals surface area contributed by atoms with E-state index < -0.39 is 0 Å². The monoisotopic (exact) mass is 452 g/mol. The number of ether oxygens (including phenoxy) is 1. The highest BCUT2D eigenvalue weighted by Gasteiger charge is 2.18. The third-order valence-electron chi connectivity index (χ3n) is 5.29. The van der Waals surface area contributed by atoms with Crippen LogP contribution < -0.4 is 10.1 Å². The molecule has 166 valence electrons. The van der Waals surface area contributed by atoms with E-state index in [4.69, 9.17) is 20.9 Å². The van der Waals surface area contributed by atoms with Crippen molar-refractivity contribution < 1.29 is 14.1 Å². The number of benzene rings is 2. The molecule has 32 heavy (non-hydrogen) atoms. The van der Waals surface area contributed by atoms with E-state index in [0.29, 0.717) is 29.6 Å². The lowest BCUT2D eigenvalue weighted by molar-refractivity contribution is -0.116. The van der Waals surface area contributed by atoms with Crippen LogP contribution in [0.25, 0.3) is 5.57 Å². The van der Waals surface area contributed by atoms with Crippen molar-refractivity contribution in [3.8, 4) is 5.75 Å². The third kappa shape index (κ3) is 5.96. The number of nitrogens with zero attached hydrogens (tertiary/aromatic N) is 3. The van der Waals surface area contributed by atoms with Gasteiger partial charge in [-0.2, -0.15) is 4.98 Å². The maximum Gasteiger partial charge on any atom is 0.227 e. The van der Waals surface area contributed by atoms with Gasteiger partial charge in [-0.15, -0.1) is 0 Å². The first-order chi connectivity index (χ1) is 15.6. The second-order valence-electron chi connectivity index (χ2n) is 7.63. The van der Waals surface area contributed by atoms with Gasteiger partial charge in [0.1, 0.15) is 5.75 Å². The highest BCUT2D eigenvalue weighted by molar-refractivity contribution is 6.30. The Morgan fingerprint density at radius 3 is 2.84 bits per heavy atom. The Morgan fingerprint density at radius 2 is 2.09 bits per heavy atom. The van der Waals surface area contributed by atoms with E-state index in [-0.39, 0.29) is 12.3 Å². The summed E-state index contributed by atoms with van der Waals surface area (Å²) in [4.78, 5) is 19.1. The second kappa shape index (κ2) is 10.4. The molecule has 1 aromatic heterocycles. The van der Waals surface area contributed by atoms with Gasteiger partial charge in [0.25, 0.3) is 0 Å². The van der Waals surface area contributed by atoms with Gasteiger partial charge >= 0.3 is 0 Å². The molecule has 1 amide bonds. The van der Waals surface area contributed by atoms with Crippen molar-refractivity contribution in [2.24, 2.45) is 0 Å². The number of hydrogen-bond acceptors (Lipinski definition) is 6. The minimum Gasteiger partial charge on any atom is -0.497 e. The molecular weight excluding hydrogens is 428 g/mol. The zero-order valence-corrected chi connectivity index (χ0v) is 18.6. The van der Waals surface area contributed by atoms with E-state index in [1.165, 1.54) is 5.56 Å². The lowest BCUT2D eigenvalue weighted by Crippen LogP contribution is -2.28. The van der Waals surface area contributed by atoms with Crippen molar-refractivity contribution in [1.29, 1.82) is 0 Å². The van der Waals surface area contributed by atoms with E-state index in [1.807, 2.05) is 30.3 Å². The van der Waals surface area contributed by atoms with Crippen molar-refractivity contribution in [3.05, 3.63) is 76.9 Å². The zero-order chi connectivity index (χ0) is 22.3. The molecule has 0 unspecified atom stereocenters. The topological polar surface area (TPSA) is 80.5 Å². The number of aryl methyl sites for hydroxylation is 1. The number of nitrogens with one attached hydrogen (secondary N) is 1.